The minimum absolute atomic E-state index is 0.197. The summed E-state index contributed by atoms with van der Waals surface area (Å²) < 4.78 is 6.54. The summed E-state index contributed by atoms with van der Waals surface area (Å²) in [7, 11) is 0. The van der Waals surface area contributed by atoms with Gasteiger partial charge >= 0.3 is 0 Å². The Morgan fingerprint density at radius 2 is 2.35 bits per heavy atom. The van der Waals surface area contributed by atoms with Gasteiger partial charge in [-0.2, -0.15) is 5.10 Å². The third-order valence-corrected chi connectivity index (χ3v) is 4.02. The van der Waals surface area contributed by atoms with Crippen molar-refractivity contribution in [3.63, 3.8) is 0 Å². The van der Waals surface area contributed by atoms with E-state index in [1.807, 2.05) is 25.1 Å². The predicted octanol–water partition coefficient (Wildman–Crippen LogP) is 2.65. The lowest BCUT2D eigenvalue weighted by atomic mass is 10.1. The molecule has 20 heavy (non-hydrogen) atoms. The molecule has 1 aromatic heterocycles. The molecule has 0 unspecified atom stereocenters. The molecule has 0 radical (unpaired) electrons. The Labute approximate surface area is 130 Å². The molecular formula is C14H14IN3O2. The van der Waals surface area contributed by atoms with Crippen LogP contribution in [-0.4, -0.2) is 22.7 Å². The van der Waals surface area contributed by atoms with Crippen molar-refractivity contribution in [3.8, 4) is 0 Å². The molecule has 5 nitrogen and oxygen atoms in total. The highest BCUT2D eigenvalue weighted by atomic mass is 127. The normalized spacial score (nSPS) is 13.9. The van der Waals surface area contributed by atoms with E-state index in [2.05, 4.69) is 38.1 Å². The fourth-order valence-corrected chi connectivity index (χ4v) is 2.90. The average Bonchev–Trinajstić information content (AvgIpc) is 2.86. The Balaban J connectivity index is 1.84. The van der Waals surface area contributed by atoms with E-state index >= 15 is 0 Å². The number of anilines is 1. The monoisotopic (exact) mass is 383 g/mol. The van der Waals surface area contributed by atoms with Crippen LogP contribution in [0.25, 0.3) is 0 Å². The molecule has 1 aromatic carbocycles. The number of carbonyl (C=O) groups excluding carboxylic acids is 1. The van der Waals surface area contributed by atoms with Crippen molar-refractivity contribution in [1.29, 1.82) is 0 Å². The fraction of sp³-hybridized carbons (Fsp3) is 0.286. The van der Waals surface area contributed by atoms with Crippen LogP contribution < -0.4 is 5.32 Å². The number of aromatic nitrogens is 2. The van der Waals surface area contributed by atoms with Crippen LogP contribution in [0.3, 0.4) is 0 Å². The van der Waals surface area contributed by atoms with Gasteiger partial charge in [0.1, 0.15) is 0 Å². The van der Waals surface area contributed by atoms with Crippen molar-refractivity contribution in [3.05, 3.63) is 44.3 Å². The second-order valence-electron chi connectivity index (χ2n) is 4.75. The number of halogens is 1. The molecule has 0 bridgehead atoms. The lowest BCUT2D eigenvalue weighted by molar-refractivity contribution is 0.0985. The van der Waals surface area contributed by atoms with Gasteiger partial charge < -0.3 is 10.1 Å². The third kappa shape index (κ3) is 2.57. The summed E-state index contributed by atoms with van der Waals surface area (Å²) in [5, 5.41) is 9.96. The highest BCUT2D eigenvalue weighted by Gasteiger charge is 2.22. The number of carbonyl (C=O) groups is 1. The Bertz CT molecular complexity index is 666. The van der Waals surface area contributed by atoms with E-state index in [9.17, 15) is 4.79 Å². The van der Waals surface area contributed by atoms with Crippen LogP contribution in [0.2, 0.25) is 0 Å². The first kappa shape index (κ1) is 13.6. The maximum atomic E-state index is 12.3. The molecule has 2 N–H and O–H groups in total. The van der Waals surface area contributed by atoms with Crippen LogP contribution in [0, 0.1) is 10.5 Å². The molecule has 0 fully saturated rings. The summed E-state index contributed by atoms with van der Waals surface area (Å²) in [6, 6.07) is 5.90. The van der Waals surface area contributed by atoms with Crippen LogP contribution in [-0.2, 0) is 17.8 Å². The van der Waals surface area contributed by atoms with Crippen molar-refractivity contribution < 1.29 is 9.53 Å². The zero-order valence-corrected chi connectivity index (χ0v) is 13.2. The summed E-state index contributed by atoms with van der Waals surface area (Å²) in [6.45, 7) is 3.09. The number of hydrogen-bond donors (Lipinski definition) is 2. The Morgan fingerprint density at radius 1 is 1.50 bits per heavy atom. The fourth-order valence-electron chi connectivity index (χ4n) is 2.25. The predicted molar refractivity (Wildman–Crippen MR) is 83.8 cm³/mol. The largest absolute Gasteiger partial charge is 0.376 e. The van der Waals surface area contributed by atoms with Gasteiger partial charge in [0.25, 0.3) is 5.91 Å². The molecule has 0 saturated heterocycles. The van der Waals surface area contributed by atoms with E-state index in [0.29, 0.717) is 18.9 Å². The van der Waals surface area contributed by atoms with E-state index < -0.39 is 0 Å². The number of benzene rings is 1. The first-order valence-corrected chi connectivity index (χ1v) is 7.44. The third-order valence-electron chi connectivity index (χ3n) is 3.35. The zero-order chi connectivity index (χ0) is 14.1. The van der Waals surface area contributed by atoms with Crippen LogP contribution in [0.5, 0.6) is 0 Å². The number of nitrogens with zero attached hydrogens (tertiary/aromatic N) is 1. The van der Waals surface area contributed by atoms with Gasteiger partial charge in [-0.3, -0.25) is 9.89 Å². The number of H-pyrrole nitrogens is 1. The van der Waals surface area contributed by atoms with Gasteiger partial charge in [-0.05, 0) is 53.3 Å². The molecule has 0 atom stereocenters. The van der Waals surface area contributed by atoms with Crippen LogP contribution >= 0.6 is 22.6 Å². The van der Waals surface area contributed by atoms with Crippen molar-refractivity contribution in [2.45, 2.75) is 20.0 Å². The van der Waals surface area contributed by atoms with Gasteiger partial charge in [0, 0.05) is 26.9 Å². The van der Waals surface area contributed by atoms with E-state index in [0.717, 1.165) is 32.5 Å². The molecule has 6 heteroatoms. The summed E-state index contributed by atoms with van der Waals surface area (Å²) in [4.78, 5) is 12.3. The van der Waals surface area contributed by atoms with Crippen molar-refractivity contribution >= 4 is 34.2 Å². The minimum Gasteiger partial charge on any atom is -0.376 e. The standard InChI is InChI=1S/C14H14IN3O2/c1-8-6-9(15)2-3-11(8)16-14(19)13-10-7-20-5-4-12(10)17-18-13/h2-3,6H,4-5,7H2,1H3,(H,16,19)(H,17,18). The molecule has 2 heterocycles. The van der Waals surface area contributed by atoms with Gasteiger partial charge in [-0.15, -0.1) is 0 Å². The van der Waals surface area contributed by atoms with Gasteiger partial charge in [-0.1, -0.05) is 0 Å². The number of nitrogens with one attached hydrogen (secondary N) is 2. The number of amides is 1. The molecule has 0 spiro atoms. The maximum absolute atomic E-state index is 12.3. The number of ether oxygens (including phenoxy) is 1. The van der Waals surface area contributed by atoms with E-state index in [1.54, 1.807) is 0 Å². The average molecular weight is 383 g/mol. The second kappa shape index (κ2) is 5.53. The van der Waals surface area contributed by atoms with E-state index in [1.165, 1.54) is 0 Å². The van der Waals surface area contributed by atoms with Gasteiger partial charge in [-0.25, -0.2) is 0 Å². The van der Waals surface area contributed by atoms with Gasteiger partial charge in [0.05, 0.1) is 13.2 Å². The first-order valence-electron chi connectivity index (χ1n) is 6.36. The smallest absolute Gasteiger partial charge is 0.276 e. The minimum atomic E-state index is -0.197. The highest BCUT2D eigenvalue weighted by molar-refractivity contribution is 14.1. The number of fused-ring (bicyclic) bond motifs is 1. The number of aromatic amines is 1. The Morgan fingerprint density at radius 3 is 3.15 bits per heavy atom. The molecule has 0 aliphatic carbocycles. The lowest BCUT2D eigenvalue weighted by Crippen LogP contribution is -2.17. The number of aryl methyl sites for hydroxylation is 1. The van der Waals surface area contributed by atoms with Crippen molar-refractivity contribution in [2.24, 2.45) is 0 Å². The van der Waals surface area contributed by atoms with Crippen LogP contribution in [0.4, 0.5) is 5.69 Å². The first-order chi connectivity index (χ1) is 9.65. The second-order valence-corrected chi connectivity index (χ2v) is 5.99. The SMILES string of the molecule is Cc1cc(I)ccc1NC(=O)c1n[nH]c2c1COCC2. The summed E-state index contributed by atoms with van der Waals surface area (Å²) in [5.41, 5.74) is 4.14. The number of rotatable bonds is 2. The molecule has 104 valence electrons. The van der Waals surface area contributed by atoms with E-state index in [-0.39, 0.29) is 5.91 Å². The molecule has 1 aliphatic rings. The van der Waals surface area contributed by atoms with E-state index in [4.69, 9.17) is 4.74 Å². The van der Waals surface area contributed by atoms with Crippen LogP contribution in [0.15, 0.2) is 18.2 Å². The Kier molecular flexibility index (Phi) is 3.75. The number of hydrogen-bond acceptors (Lipinski definition) is 3. The molecule has 3 rings (SSSR count). The summed E-state index contributed by atoms with van der Waals surface area (Å²) in [5.74, 6) is -0.197. The maximum Gasteiger partial charge on any atom is 0.276 e. The van der Waals surface area contributed by atoms with Gasteiger partial charge in [0.15, 0.2) is 5.69 Å². The lowest BCUT2D eigenvalue weighted by Gasteiger charge is -2.13. The molecular weight excluding hydrogens is 369 g/mol. The van der Waals surface area contributed by atoms with Gasteiger partial charge in [0.2, 0.25) is 0 Å². The Hall–Kier alpha value is -1.41. The van der Waals surface area contributed by atoms with Crippen molar-refractivity contribution in [1.82, 2.24) is 10.2 Å². The molecule has 2 aromatic rings. The highest BCUT2D eigenvalue weighted by Crippen LogP contribution is 2.21. The zero-order valence-electron chi connectivity index (χ0n) is 11.0. The quantitative estimate of drug-likeness (QED) is 0.784. The van der Waals surface area contributed by atoms with Crippen molar-refractivity contribution in [2.75, 3.05) is 11.9 Å². The molecule has 1 aliphatic heterocycles. The summed E-state index contributed by atoms with van der Waals surface area (Å²) in [6.07, 6.45) is 0.776. The topological polar surface area (TPSA) is 67.0 Å². The summed E-state index contributed by atoms with van der Waals surface area (Å²) >= 11 is 2.25. The molecule has 0 saturated carbocycles. The molecule has 1 amide bonds. The van der Waals surface area contributed by atoms with Crippen LogP contribution in [0.1, 0.15) is 27.3 Å².